The number of nitrogens with one attached hydrogen (secondary N) is 1. The summed E-state index contributed by atoms with van der Waals surface area (Å²) >= 11 is 1.33. The number of benzene rings is 2. The third-order valence-electron chi connectivity index (χ3n) is 4.90. The van der Waals surface area contributed by atoms with Gasteiger partial charge in [0.05, 0.1) is 10.4 Å². The molecule has 0 atom stereocenters. The van der Waals surface area contributed by atoms with Crippen molar-refractivity contribution in [2.45, 2.75) is 6.54 Å². The van der Waals surface area contributed by atoms with E-state index in [2.05, 4.69) is 33.7 Å². The number of hydrogen-bond acceptors (Lipinski definition) is 7. The number of carbonyl (C=O) groups is 1. The van der Waals surface area contributed by atoms with Crippen LogP contribution in [-0.2, 0) is 6.54 Å². The molecule has 0 unspecified atom stereocenters. The Morgan fingerprint density at radius 2 is 1.94 bits per heavy atom. The summed E-state index contributed by atoms with van der Waals surface area (Å²) in [7, 11) is 1.96. The number of anilines is 1. The number of halogens is 1. The smallest absolute Gasteiger partial charge is 0.280 e. The van der Waals surface area contributed by atoms with Crippen LogP contribution in [0.5, 0.6) is 0 Å². The molecule has 0 bridgehead atoms. The van der Waals surface area contributed by atoms with Crippen molar-refractivity contribution in [2.24, 2.45) is 11.5 Å². The summed E-state index contributed by atoms with van der Waals surface area (Å²) in [6.45, 7) is 4.53. The number of amides is 1. The molecule has 4 aromatic rings. The van der Waals surface area contributed by atoms with Crippen LogP contribution in [0.1, 0.15) is 15.4 Å². The van der Waals surface area contributed by atoms with E-state index in [0.717, 1.165) is 27.0 Å². The molecule has 0 saturated carbocycles. The number of aromatic nitrogens is 2. The highest BCUT2D eigenvalue weighted by Crippen LogP contribution is 2.35. The summed E-state index contributed by atoms with van der Waals surface area (Å²) in [6, 6.07) is 14.1. The second kappa shape index (κ2) is 11.9. The first kappa shape index (κ1) is 24.8. The van der Waals surface area contributed by atoms with Crippen molar-refractivity contribution in [3.8, 4) is 11.1 Å². The van der Waals surface area contributed by atoms with Gasteiger partial charge in [0, 0.05) is 39.1 Å². The minimum absolute atomic E-state index is 0.231. The van der Waals surface area contributed by atoms with E-state index in [-0.39, 0.29) is 18.3 Å². The first-order chi connectivity index (χ1) is 16.5. The molecule has 0 aliphatic carbocycles. The van der Waals surface area contributed by atoms with Gasteiger partial charge in [-0.05, 0) is 59.3 Å². The second-order valence-electron chi connectivity index (χ2n) is 7.36. The Bertz CT molecular complexity index is 1260. The van der Waals surface area contributed by atoms with Gasteiger partial charge >= 0.3 is 0 Å². The lowest BCUT2D eigenvalue weighted by molar-refractivity contribution is 0.0950. The molecular weight excluding hydrogens is 451 g/mol. The van der Waals surface area contributed by atoms with E-state index >= 15 is 0 Å². The summed E-state index contributed by atoms with van der Waals surface area (Å²) in [6.07, 6.45) is 4.75. The standard InChI is InChI=1S/C23H22FN5OS.C2H5N/c1-29(10-7-25)19-12-17(16-5-8-26-9-6-16)13-20-21(19)28-23(31-20)22(30)27-14-15-3-2-4-18(24)11-15;1-2-3/h2-6,8-9,11-13H,7,10,14,25H2,1H3,(H,27,30);2H,1,3H2. The zero-order valence-corrected chi connectivity index (χ0v) is 19.7. The predicted octanol–water partition coefficient (Wildman–Crippen LogP) is 3.91. The molecule has 2 aromatic carbocycles. The lowest BCUT2D eigenvalue weighted by Gasteiger charge is -2.19. The minimum atomic E-state index is -0.331. The summed E-state index contributed by atoms with van der Waals surface area (Å²) in [5, 5.41) is 3.19. The number of thiazole rings is 1. The largest absolute Gasteiger partial charge is 0.405 e. The number of fused-ring (bicyclic) bond motifs is 1. The molecule has 4 rings (SSSR count). The van der Waals surface area contributed by atoms with E-state index < -0.39 is 0 Å². The Morgan fingerprint density at radius 3 is 2.62 bits per heavy atom. The van der Waals surface area contributed by atoms with Crippen LogP contribution >= 0.6 is 11.3 Å². The number of nitrogens with two attached hydrogens (primary N) is 2. The van der Waals surface area contributed by atoms with E-state index in [1.165, 1.54) is 29.7 Å². The average molecular weight is 479 g/mol. The van der Waals surface area contributed by atoms with Crippen molar-refractivity contribution >= 4 is 33.1 Å². The van der Waals surface area contributed by atoms with E-state index in [0.29, 0.717) is 23.7 Å². The Hall–Kier alpha value is -3.82. The molecule has 7 nitrogen and oxygen atoms in total. The zero-order valence-electron chi connectivity index (χ0n) is 18.9. The lowest BCUT2D eigenvalue weighted by Crippen LogP contribution is -2.25. The number of hydrogen-bond donors (Lipinski definition) is 3. The first-order valence-corrected chi connectivity index (χ1v) is 11.4. The summed E-state index contributed by atoms with van der Waals surface area (Å²) in [4.78, 5) is 23.5. The van der Waals surface area contributed by atoms with Gasteiger partial charge in [-0.3, -0.25) is 9.78 Å². The minimum Gasteiger partial charge on any atom is -0.405 e. The summed E-state index contributed by atoms with van der Waals surface area (Å²) in [5.74, 6) is -0.619. The molecule has 2 heterocycles. The molecule has 0 aliphatic rings. The highest BCUT2D eigenvalue weighted by Gasteiger charge is 2.18. The van der Waals surface area contributed by atoms with E-state index in [1.54, 1.807) is 24.5 Å². The Morgan fingerprint density at radius 1 is 1.21 bits per heavy atom. The summed E-state index contributed by atoms with van der Waals surface area (Å²) < 4.78 is 14.3. The van der Waals surface area contributed by atoms with E-state index in [4.69, 9.17) is 5.73 Å². The van der Waals surface area contributed by atoms with Crippen molar-refractivity contribution < 1.29 is 9.18 Å². The molecule has 0 saturated heterocycles. The molecule has 5 N–H and O–H groups in total. The molecule has 1 amide bonds. The molecule has 0 fully saturated rings. The number of nitrogens with zero attached hydrogens (tertiary/aromatic N) is 3. The quantitative estimate of drug-likeness (QED) is 0.371. The van der Waals surface area contributed by atoms with Crippen molar-refractivity contribution in [1.82, 2.24) is 15.3 Å². The van der Waals surface area contributed by atoms with Crippen molar-refractivity contribution in [3.63, 3.8) is 0 Å². The average Bonchev–Trinajstić information content (AvgIpc) is 3.27. The Kier molecular flexibility index (Phi) is 8.66. The molecule has 0 aliphatic heterocycles. The van der Waals surface area contributed by atoms with E-state index in [9.17, 15) is 9.18 Å². The van der Waals surface area contributed by atoms with Crippen LogP contribution in [0.3, 0.4) is 0 Å². The van der Waals surface area contributed by atoms with Gasteiger partial charge < -0.3 is 21.7 Å². The molecular formula is C25H27FN6OS. The fraction of sp³-hybridized carbons (Fsp3) is 0.160. The van der Waals surface area contributed by atoms with Crippen molar-refractivity contribution in [1.29, 1.82) is 0 Å². The second-order valence-corrected chi connectivity index (χ2v) is 8.39. The molecule has 2 aromatic heterocycles. The Labute approximate surface area is 201 Å². The van der Waals surface area contributed by atoms with E-state index in [1.807, 2.05) is 30.1 Å². The highest BCUT2D eigenvalue weighted by atomic mass is 32.1. The van der Waals surface area contributed by atoms with Gasteiger partial charge in [-0.1, -0.05) is 18.7 Å². The monoisotopic (exact) mass is 478 g/mol. The van der Waals surface area contributed by atoms with Crippen molar-refractivity contribution in [3.05, 3.63) is 90.1 Å². The van der Waals surface area contributed by atoms with Gasteiger partial charge in [0.2, 0.25) is 0 Å². The maximum atomic E-state index is 13.4. The van der Waals surface area contributed by atoms with Crippen LogP contribution in [0.15, 0.2) is 73.7 Å². The topological polar surface area (TPSA) is 110 Å². The van der Waals surface area contributed by atoms with Gasteiger partial charge in [0.25, 0.3) is 5.91 Å². The summed E-state index contributed by atoms with van der Waals surface area (Å²) in [5.41, 5.74) is 14.8. The zero-order chi connectivity index (χ0) is 24.5. The first-order valence-electron chi connectivity index (χ1n) is 10.6. The predicted molar refractivity (Wildman–Crippen MR) is 137 cm³/mol. The number of likely N-dealkylation sites (N-methyl/N-ethyl adjacent to an activating group) is 1. The third-order valence-corrected chi connectivity index (χ3v) is 5.90. The molecule has 9 heteroatoms. The number of rotatable bonds is 7. The van der Waals surface area contributed by atoms with Gasteiger partial charge in [-0.2, -0.15) is 0 Å². The van der Waals surface area contributed by atoms with Crippen molar-refractivity contribution in [2.75, 3.05) is 25.0 Å². The number of pyridine rings is 1. The fourth-order valence-corrected chi connectivity index (χ4v) is 4.27. The molecule has 0 radical (unpaired) electrons. The maximum absolute atomic E-state index is 13.4. The number of carbonyl (C=O) groups excluding carboxylic acids is 1. The van der Waals surface area contributed by atoms with Crippen LogP contribution in [0.25, 0.3) is 21.3 Å². The highest BCUT2D eigenvalue weighted by molar-refractivity contribution is 7.20. The van der Waals surface area contributed by atoms with Crippen LogP contribution in [0, 0.1) is 5.82 Å². The molecule has 0 spiro atoms. The van der Waals surface area contributed by atoms with Gasteiger partial charge in [-0.15, -0.1) is 11.3 Å². The van der Waals surface area contributed by atoms with Gasteiger partial charge in [0.15, 0.2) is 5.01 Å². The van der Waals surface area contributed by atoms with Crippen LogP contribution in [0.4, 0.5) is 10.1 Å². The maximum Gasteiger partial charge on any atom is 0.280 e. The molecule has 176 valence electrons. The normalized spacial score (nSPS) is 10.3. The molecule has 34 heavy (non-hydrogen) atoms. The SMILES string of the molecule is C=CN.CN(CCN)c1cc(-c2ccncc2)cc2sc(C(=O)NCc3cccc(F)c3)nc12. The van der Waals surface area contributed by atoms with Crippen LogP contribution in [-0.4, -0.2) is 36.0 Å². The van der Waals surface area contributed by atoms with Crippen LogP contribution in [0.2, 0.25) is 0 Å². The van der Waals surface area contributed by atoms with Crippen LogP contribution < -0.4 is 21.7 Å². The fourth-order valence-electron chi connectivity index (χ4n) is 3.33. The van der Waals surface area contributed by atoms with Gasteiger partial charge in [-0.25, -0.2) is 9.37 Å². The van der Waals surface area contributed by atoms with Gasteiger partial charge in [0.1, 0.15) is 11.3 Å². The third kappa shape index (κ3) is 6.15. The lowest BCUT2D eigenvalue weighted by atomic mass is 10.1. The Balaban J connectivity index is 0.00000103.